The molecule has 0 aliphatic carbocycles. The molecule has 1 aliphatic heterocycles. The van der Waals surface area contributed by atoms with Crippen molar-refractivity contribution in [3.8, 4) is 0 Å². The second-order valence-electron chi connectivity index (χ2n) is 3.66. The first-order chi connectivity index (χ1) is 6.57. The zero-order chi connectivity index (χ0) is 10.7. The molecule has 8 N–H and O–H groups in total. The molecule has 0 aromatic carbocycles. The smallest absolute Gasteiger partial charge is 0.219 e. The zero-order valence-corrected chi connectivity index (χ0v) is 8.34. The summed E-state index contributed by atoms with van der Waals surface area (Å²) in [4.78, 5) is 0. The van der Waals surface area contributed by atoms with Gasteiger partial charge in [0.05, 0.1) is 6.10 Å². The van der Waals surface area contributed by atoms with Gasteiger partial charge in [-0.05, 0) is 6.92 Å². The standard InChI is InChI=1S/C8H18N2O4/c1-4-5(11)6(12)7(13)8(14-4)10-3-2-9/h4-8,10-13H,2-3,9H2,1H3/p+2/t4-,5-,6+,7+,8-/m1/s1. The Morgan fingerprint density at radius 1 is 1.21 bits per heavy atom. The van der Waals surface area contributed by atoms with Crippen LogP contribution in [-0.2, 0) is 4.74 Å². The van der Waals surface area contributed by atoms with Crippen molar-refractivity contribution in [3.63, 3.8) is 0 Å². The Labute approximate surface area is 82.7 Å². The topological polar surface area (TPSA) is 114 Å². The number of nitrogens with two attached hydrogens (primary N) is 1. The molecule has 6 heteroatoms. The minimum atomic E-state index is -1.13. The zero-order valence-electron chi connectivity index (χ0n) is 8.34. The number of ether oxygens (including phenoxy) is 1. The summed E-state index contributed by atoms with van der Waals surface area (Å²) in [5.41, 5.74) is 3.67. The van der Waals surface area contributed by atoms with E-state index in [2.05, 4.69) is 5.73 Å². The van der Waals surface area contributed by atoms with Crippen molar-refractivity contribution in [1.29, 1.82) is 0 Å². The van der Waals surface area contributed by atoms with Crippen LogP contribution in [0.3, 0.4) is 0 Å². The summed E-state index contributed by atoms with van der Waals surface area (Å²) < 4.78 is 5.34. The van der Waals surface area contributed by atoms with Crippen molar-refractivity contribution in [2.24, 2.45) is 0 Å². The molecule has 1 fully saturated rings. The second-order valence-corrected chi connectivity index (χ2v) is 3.66. The van der Waals surface area contributed by atoms with Crippen molar-refractivity contribution in [3.05, 3.63) is 0 Å². The lowest BCUT2D eigenvalue weighted by atomic mass is 9.99. The average molecular weight is 208 g/mol. The van der Waals surface area contributed by atoms with E-state index >= 15 is 0 Å². The molecule has 0 unspecified atom stereocenters. The Hall–Kier alpha value is -0.240. The Bertz CT molecular complexity index is 181. The SMILES string of the molecule is C[C@H]1O[C@@H]([NH2+]CC[NH3+])[C@@H](O)[C@@H](O)[C@@H]1O. The van der Waals surface area contributed by atoms with Gasteiger partial charge >= 0.3 is 0 Å². The van der Waals surface area contributed by atoms with Gasteiger partial charge < -0.3 is 31.1 Å². The third kappa shape index (κ3) is 2.41. The van der Waals surface area contributed by atoms with Crippen LogP contribution in [0.15, 0.2) is 0 Å². The van der Waals surface area contributed by atoms with Crippen LogP contribution in [0.2, 0.25) is 0 Å². The van der Waals surface area contributed by atoms with Crippen LogP contribution in [-0.4, -0.2) is 59.1 Å². The molecule has 14 heavy (non-hydrogen) atoms. The second kappa shape index (κ2) is 5.01. The summed E-state index contributed by atoms with van der Waals surface area (Å²) in [5, 5.41) is 30.2. The van der Waals surface area contributed by atoms with Gasteiger partial charge in [-0.3, -0.25) is 0 Å². The molecule has 0 aromatic rings. The Balaban J connectivity index is 2.52. The van der Waals surface area contributed by atoms with Crippen LogP contribution in [0.25, 0.3) is 0 Å². The summed E-state index contributed by atoms with van der Waals surface area (Å²) in [6.07, 6.45) is -4.17. The van der Waals surface area contributed by atoms with E-state index in [1.54, 1.807) is 12.2 Å². The average Bonchev–Trinajstić information content (AvgIpc) is 2.18. The van der Waals surface area contributed by atoms with Crippen LogP contribution in [0.1, 0.15) is 6.92 Å². The summed E-state index contributed by atoms with van der Waals surface area (Å²) in [6.45, 7) is 3.11. The third-order valence-electron chi connectivity index (χ3n) is 2.49. The van der Waals surface area contributed by atoms with Gasteiger partial charge in [0.2, 0.25) is 6.23 Å². The first-order valence-electron chi connectivity index (χ1n) is 4.90. The van der Waals surface area contributed by atoms with E-state index in [4.69, 9.17) is 4.74 Å². The van der Waals surface area contributed by atoms with Gasteiger partial charge in [0, 0.05) is 0 Å². The Morgan fingerprint density at radius 2 is 1.86 bits per heavy atom. The summed E-state index contributed by atoms with van der Waals surface area (Å²) in [7, 11) is 0. The first kappa shape index (κ1) is 11.8. The van der Waals surface area contributed by atoms with Crippen LogP contribution in [0, 0.1) is 0 Å². The molecular weight excluding hydrogens is 188 g/mol. The van der Waals surface area contributed by atoms with Crippen molar-refractivity contribution >= 4 is 0 Å². The number of aliphatic hydroxyl groups is 3. The quantitative estimate of drug-likeness (QED) is 0.322. The van der Waals surface area contributed by atoms with Crippen LogP contribution in [0.4, 0.5) is 0 Å². The lowest BCUT2D eigenvalue weighted by molar-refractivity contribution is -0.751. The normalized spacial score (nSPS) is 43.9. The monoisotopic (exact) mass is 208 g/mol. The lowest BCUT2D eigenvalue weighted by Gasteiger charge is -2.37. The predicted octanol–water partition coefficient (Wildman–Crippen LogP) is -4.38. The number of quaternary nitrogens is 2. The van der Waals surface area contributed by atoms with E-state index < -0.39 is 30.6 Å². The fourth-order valence-corrected chi connectivity index (χ4v) is 1.56. The largest absolute Gasteiger partial charge is 0.388 e. The molecule has 1 saturated heterocycles. The van der Waals surface area contributed by atoms with Gasteiger partial charge in [-0.2, -0.15) is 0 Å². The molecule has 0 amide bonds. The highest BCUT2D eigenvalue weighted by molar-refractivity contribution is 4.86. The van der Waals surface area contributed by atoms with E-state index in [1.807, 2.05) is 0 Å². The molecule has 1 heterocycles. The third-order valence-corrected chi connectivity index (χ3v) is 2.49. The molecule has 1 aliphatic rings. The lowest BCUT2D eigenvalue weighted by Crippen LogP contribution is -2.97. The Kier molecular flexibility index (Phi) is 4.24. The molecule has 0 aromatic heterocycles. The van der Waals surface area contributed by atoms with E-state index in [0.29, 0.717) is 0 Å². The Morgan fingerprint density at radius 3 is 2.43 bits per heavy atom. The van der Waals surface area contributed by atoms with Gasteiger partial charge in [-0.25, -0.2) is 0 Å². The highest BCUT2D eigenvalue weighted by atomic mass is 16.5. The number of aliphatic hydroxyl groups excluding tert-OH is 3. The summed E-state index contributed by atoms with van der Waals surface area (Å²) >= 11 is 0. The maximum atomic E-state index is 9.57. The minimum Gasteiger partial charge on any atom is -0.388 e. The van der Waals surface area contributed by atoms with Gasteiger partial charge in [0.15, 0.2) is 6.10 Å². The number of hydrogen-bond donors (Lipinski definition) is 5. The minimum absolute atomic E-state index is 0.459. The van der Waals surface area contributed by atoms with Crippen LogP contribution < -0.4 is 11.1 Å². The van der Waals surface area contributed by atoms with Gasteiger partial charge in [0.1, 0.15) is 25.3 Å². The fourth-order valence-electron chi connectivity index (χ4n) is 1.56. The summed E-state index contributed by atoms with van der Waals surface area (Å²) in [6, 6.07) is 0. The number of hydrogen-bond acceptors (Lipinski definition) is 4. The van der Waals surface area contributed by atoms with Crippen LogP contribution in [0.5, 0.6) is 0 Å². The summed E-state index contributed by atoms with van der Waals surface area (Å²) in [5.74, 6) is 0. The molecule has 0 saturated carbocycles. The molecular formula is C8H20N2O4+2. The molecule has 84 valence electrons. The maximum absolute atomic E-state index is 9.57. The fraction of sp³-hybridized carbons (Fsp3) is 1.00. The van der Waals surface area contributed by atoms with Crippen molar-refractivity contribution < 1.29 is 31.1 Å². The van der Waals surface area contributed by atoms with E-state index in [-0.39, 0.29) is 0 Å². The van der Waals surface area contributed by atoms with Crippen molar-refractivity contribution in [2.45, 2.75) is 37.6 Å². The van der Waals surface area contributed by atoms with E-state index in [1.165, 1.54) is 0 Å². The molecule has 6 nitrogen and oxygen atoms in total. The highest BCUT2D eigenvalue weighted by Gasteiger charge is 2.43. The van der Waals surface area contributed by atoms with Crippen LogP contribution >= 0.6 is 0 Å². The molecule has 0 bridgehead atoms. The van der Waals surface area contributed by atoms with Gasteiger partial charge in [-0.1, -0.05) is 0 Å². The predicted molar refractivity (Wildman–Crippen MR) is 46.9 cm³/mol. The number of rotatable bonds is 3. The first-order valence-corrected chi connectivity index (χ1v) is 4.90. The molecule has 0 radical (unpaired) electrons. The maximum Gasteiger partial charge on any atom is 0.219 e. The molecule has 0 spiro atoms. The van der Waals surface area contributed by atoms with E-state index in [9.17, 15) is 15.3 Å². The molecule has 5 atom stereocenters. The van der Waals surface area contributed by atoms with E-state index in [0.717, 1.165) is 13.1 Å². The van der Waals surface area contributed by atoms with Crippen molar-refractivity contribution in [1.82, 2.24) is 0 Å². The molecule has 1 rings (SSSR count). The van der Waals surface area contributed by atoms with Gasteiger partial charge in [0.25, 0.3) is 0 Å². The highest BCUT2D eigenvalue weighted by Crippen LogP contribution is 2.17. The van der Waals surface area contributed by atoms with Crippen molar-refractivity contribution in [2.75, 3.05) is 13.1 Å². The van der Waals surface area contributed by atoms with Gasteiger partial charge in [-0.15, -0.1) is 0 Å².